The highest BCUT2D eigenvalue weighted by atomic mass is 16.2. The number of fused-ring (bicyclic) bond motifs is 1. The summed E-state index contributed by atoms with van der Waals surface area (Å²) >= 11 is 0. The Kier molecular flexibility index (Phi) is 5.29. The Morgan fingerprint density at radius 1 is 1.32 bits per heavy atom. The van der Waals surface area contributed by atoms with Crippen LogP contribution in [0.1, 0.15) is 42.0 Å². The van der Waals surface area contributed by atoms with Crippen LogP contribution in [0.4, 0.5) is 10.5 Å². The van der Waals surface area contributed by atoms with Crippen molar-refractivity contribution in [1.82, 2.24) is 20.1 Å². The van der Waals surface area contributed by atoms with Crippen LogP contribution in [0, 0.1) is 18.3 Å². The fourth-order valence-corrected chi connectivity index (χ4v) is 3.01. The molecule has 2 N–H and O–H groups in total. The molecule has 1 aromatic carbocycles. The van der Waals surface area contributed by atoms with Crippen LogP contribution in [-0.2, 0) is 19.4 Å². The van der Waals surface area contributed by atoms with Crippen molar-refractivity contribution in [3.8, 4) is 6.07 Å². The zero-order valence-electron chi connectivity index (χ0n) is 14.4. The van der Waals surface area contributed by atoms with Crippen LogP contribution in [0.2, 0.25) is 0 Å². The molecule has 2 amide bonds. The van der Waals surface area contributed by atoms with Crippen molar-refractivity contribution in [2.24, 2.45) is 0 Å². The average molecular weight is 338 g/mol. The lowest BCUT2D eigenvalue weighted by molar-refractivity contribution is 0.252. The number of amides is 2. The van der Waals surface area contributed by atoms with Gasteiger partial charge in [0.05, 0.1) is 11.6 Å². The van der Waals surface area contributed by atoms with E-state index in [0.29, 0.717) is 24.2 Å². The maximum atomic E-state index is 12.1. The zero-order valence-corrected chi connectivity index (χ0v) is 14.4. The molecule has 25 heavy (non-hydrogen) atoms. The fourth-order valence-electron chi connectivity index (χ4n) is 3.01. The van der Waals surface area contributed by atoms with Gasteiger partial charge in [-0.3, -0.25) is 0 Å². The van der Waals surface area contributed by atoms with Gasteiger partial charge in [-0.2, -0.15) is 5.26 Å². The molecule has 7 nitrogen and oxygen atoms in total. The number of nitrogens with zero attached hydrogens (tertiary/aromatic N) is 4. The minimum absolute atomic E-state index is 0.284. The summed E-state index contributed by atoms with van der Waals surface area (Å²) in [5.74, 6) is 1.99. The van der Waals surface area contributed by atoms with Gasteiger partial charge >= 0.3 is 6.03 Å². The van der Waals surface area contributed by atoms with Crippen LogP contribution in [0.15, 0.2) is 18.2 Å². The van der Waals surface area contributed by atoms with Gasteiger partial charge in [0.2, 0.25) is 0 Å². The number of carbonyl (C=O) groups excluding carboxylic acids is 1. The molecule has 0 radical (unpaired) electrons. The van der Waals surface area contributed by atoms with E-state index in [1.54, 1.807) is 12.1 Å². The largest absolute Gasteiger partial charge is 0.337 e. The van der Waals surface area contributed by atoms with Crippen molar-refractivity contribution in [2.45, 2.75) is 45.6 Å². The highest BCUT2D eigenvalue weighted by Gasteiger charge is 2.14. The minimum Gasteiger partial charge on any atom is -0.337 e. The summed E-state index contributed by atoms with van der Waals surface area (Å²) in [6, 6.07) is 7.01. The number of urea groups is 1. The van der Waals surface area contributed by atoms with Gasteiger partial charge in [0.15, 0.2) is 0 Å². The van der Waals surface area contributed by atoms with Crippen LogP contribution in [0.25, 0.3) is 0 Å². The summed E-state index contributed by atoms with van der Waals surface area (Å²) in [6.07, 6.45) is 5.18. The summed E-state index contributed by atoms with van der Waals surface area (Å²) in [5, 5.41) is 23.1. The van der Waals surface area contributed by atoms with Crippen molar-refractivity contribution in [1.29, 1.82) is 5.26 Å². The molecule has 130 valence electrons. The van der Waals surface area contributed by atoms with Gasteiger partial charge in [-0.1, -0.05) is 12.5 Å². The second kappa shape index (κ2) is 7.79. The van der Waals surface area contributed by atoms with E-state index in [9.17, 15) is 4.79 Å². The lowest BCUT2D eigenvalue weighted by Gasteiger charge is -2.11. The van der Waals surface area contributed by atoms with E-state index in [2.05, 4.69) is 31.5 Å². The Bertz CT molecular complexity index is 804. The number of nitriles is 1. The second-order valence-electron chi connectivity index (χ2n) is 6.27. The molecule has 0 unspecified atom stereocenters. The van der Waals surface area contributed by atoms with Gasteiger partial charge in [0.1, 0.15) is 11.6 Å². The molecule has 7 heteroatoms. The van der Waals surface area contributed by atoms with Crippen molar-refractivity contribution < 1.29 is 4.79 Å². The first-order valence-electron chi connectivity index (χ1n) is 8.64. The molecule has 0 spiro atoms. The van der Waals surface area contributed by atoms with Gasteiger partial charge in [-0.25, -0.2) is 4.79 Å². The number of anilines is 1. The topological polar surface area (TPSA) is 95.6 Å². The van der Waals surface area contributed by atoms with Gasteiger partial charge < -0.3 is 15.2 Å². The smallest absolute Gasteiger partial charge is 0.319 e. The normalized spacial score (nSPS) is 13.4. The van der Waals surface area contributed by atoms with E-state index < -0.39 is 0 Å². The number of aryl methyl sites for hydroxylation is 2. The fraction of sp³-hybridized carbons (Fsp3) is 0.444. The van der Waals surface area contributed by atoms with Gasteiger partial charge in [-0.15, -0.1) is 10.2 Å². The number of aromatic nitrogens is 3. The Morgan fingerprint density at radius 2 is 2.20 bits per heavy atom. The molecule has 0 aliphatic carbocycles. The summed E-state index contributed by atoms with van der Waals surface area (Å²) in [5.41, 5.74) is 2.08. The molecule has 0 fully saturated rings. The van der Waals surface area contributed by atoms with Crippen LogP contribution in [0.3, 0.4) is 0 Å². The van der Waals surface area contributed by atoms with Crippen LogP contribution >= 0.6 is 0 Å². The number of hydrogen-bond acceptors (Lipinski definition) is 4. The monoisotopic (exact) mass is 338 g/mol. The maximum absolute atomic E-state index is 12.1. The number of hydrogen-bond donors (Lipinski definition) is 2. The predicted molar refractivity (Wildman–Crippen MR) is 94.2 cm³/mol. The lowest BCUT2D eigenvalue weighted by atomic mass is 10.1. The van der Waals surface area contributed by atoms with Crippen LogP contribution in [-0.4, -0.2) is 27.3 Å². The molecular formula is C18H22N6O. The van der Waals surface area contributed by atoms with Crippen molar-refractivity contribution in [3.05, 3.63) is 41.0 Å². The number of rotatable bonds is 4. The average Bonchev–Trinajstić information content (AvgIpc) is 2.84. The maximum Gasteiger partial charge on any atom is 0.319 e. The van der Waals surface area contributed by atoms with Crippen molar-refractivity contribution in [3.63, 3.8) is 0 Å². The second-order valence-corrected chi connectivity index (χ2v) is 6.27. The van der Waals surface area contributed by atoms with Gasteiger partial charge in [0, 0.05) is 31.6 Å². The Balaban J connectivity index is 1.54. The Labute approximate surface area is 147 Å². The van der Waals surface area contributed by atoms with E-state index in [1.807, 2.05) is 13.0 Å². The van der Waals surface area contributed by atoms with E-state index in [4.69, 9.17) is 5.26 Å². The summed E-state index contributed by atoms with van der Waals surface area (Å²) in [6.45, 7) is 3.34. The SMILES string of the molecule is Cc1ccc(C#N)cc1NC(=O)NCCc1nnc2n1CCCCC2. The molecule has 0 saturated heterocycles. The first-order valence-corrected chi connectivity index (χ1v) is 8.64. The first-order chi connectivity index (χ1) is 12.2. The minimum atomic E-state index is -0.284. The molecule has 2 aromatic rings. The summed E-state index contributed by atoms with van der Waals surface area (Å²) in [4.78, 5) is 12.1. The van der Waals surface area contributed by atoms with E-state index in [-0.39, 0.29) is 6.03 Å². The van der Waals surface area contributed by atoms with Crippen LogP contribution < -0.4 is 10.6 Å². The Morgan fingerprint density at radius 3 is 3.04 bits per heavy atom. The molecule has 1 aliphatic heterocycles. The predicted octanol–water partition coefficient (Wildman–Crippen LogP) is 2.55. The number of nitrogens with one attached hydrogen (secondary N) is 2. The number of benzene rings is 1. The highest BCUT2D eigenvalue weighted by Crippen LogP contribution is 2.16. The molecule has 3 rings (SSSR count). The molecule has 0 atom stereocenters. The summed E-state index contributed by atoms with van der Waals surface area (Å²) in [7, 11) is 0. The molecule has 0 bridgehead atoms. The molecule has 1 aromatic heterocycles. The molecule has 1 aliphatic rings. The van der Waals surface area contributed by atoms with Gasteiger partial charge in [0.25, 0.3) is 0 Å². The van der Waals surface area contributed by atoms with Crippen molar-refractivity contribution in [2.75, 3.05) is 11.9 Å². The summed E-state index contributed by atoms with van der Waals surface area (Å²) < 4.78 is 2.19. The van der Waals surface area contributed by atoms with E-state index in [1.165, 1.54) is 12.8 Å². The molecule has 2 heterocycles. The van der Waals surface area contributed by atoms with E-state index >= 15 is 0 Å². The van der Waals surface area contributed by atoms with Gasteiger partial charge in [-0.05, 0) is 37.5 Å². The lowest BCUT2D eigenvalue weighted by Crippen LogP contribution is -2.31. The quantitative estimate of drug-likeness (QED) is 0.895. The molecular weight excluding hydrogens is 316 g/mol. The van der Waals surface area contributed by atoms with Crippen molar-refractivity contribution >= 4 is 11.7 Å². The highest BCUT2D eigenvalue weighted by molar-refractivity contribution is 5.90. The third-order valence-corrected chi connectivity index (χ3v) is 4.44. The zero-order chi connectivity index (χ0) is 17.6. The standard InChI is InChI=1S/C18H22N6O/c1-13-6-7-14(12-19)11-15(13)21-18(25)20-9-8-17-23-22-16-5-3-2-4-10-24(16)17/h6-7,11H,2-5,8-10H2,1H3,(H2,20,21,25). The first kappa shape index (κ1) is 17.0. The Hall–Kier alpha value is -2.88. The number of carbonyl (C=O) groups is 1. The molecule has 0 saturated carbocycles. The van der Waals surface area contributed by atoms with E-state index in [0.717, 1.165) is 36.6 Å². The third-order valence-electron chi connectivity index (χ3n) is 4.44. The third kappa shape index (κ3) is 4.15. The van der Waals surface area contributed by atoms with Crippen LogP contribution in [0.5, 0.6) is 0 Å².